The first kappa shape index (κ1) is 15.7. The number of rotatable bonds is 3. The second-order valence-electron chi connectivity index (χ2n) is 4.71. The molecule has 0 aliphatic rings. The number of thiocarbonyl (C=S) groups is 1. The number of amides is 1. The number of aryl methyl sites for hydroxylation is 1. The van der Waals surface area contributed by atoms with Gasteiger partial charge in [0.15, 0.2) is 0 Å². The lowest BCUT2D eigenvalue weighted by atomic mass is 10.1. The fourth-order valence-electron chi connectivity index (χ4n) is 2.06. The standard InChI is InChI=1S/C16H15BrN2OS/c1-10-9-11(7-8-13(10)17)16(20)19(2)14-6-4-3-5-12(14)15(18)21/h3-9H,1-2H3,(H2,18,21). The molecule has 5 heteroatoms. The molecule has 0 aromatic heterocycles. The molecule has 0 bridgehead atoms. The summed E-state index contributed by atoms with van der Waals surface area (Å²) in [6.07, 6.45) is 0. The number of carbonyl (C=O) groups is 1. The van der Waals surface area contributed by atoms with Gasteiger partial charge in [0, 0.05) is 22.6 Å². The zero-order chi connectivity index (χ0) is 15.6. The maximum atomic E-state index is 12.6. The van der Waals surface area contributed by atoms with E-state index < -0.39 is 0 Å². The van der Waals surface area contributed by atoms with Gasteiger partial charge >= 0.3 is 0 Å². The van der Waals surface area contributed by atoms with Crippen LogP contribution in [0.1, 0.15) is 21.5 Å². The quantitative estimate of drug-likeness (QED) is 0.847. The molecule has 21 heavy (non-hydrogen) atoms. The zero-order valence-corrected chi connectivity index (χ0v) is 14.2. The molecular weight excluding hydrogens is 348 g/mol. The van der Waals surface area contributed by atoms with Gasteiger partial charge in [0.25, 0.3) is 5.91 Å². The highest BCUT2D eigenvalue weighted by molar-refractivity contribution is 9.10. The van der Waals surface area contributed by atoms with E-state index >= 15 is 0 Å². The number of hydrogen-bond acceptors (Lipinski definition) is 2. The van der Waals surface area contributed by atoms with Crippen molar-refractivity contribution in [1.29, 1.82) is 0 Å². The lowest BCUT2D eigenvalue weighted by molar-refractivity contribution is 0.0993. The van der Waals surface area contributed by atoms with E-state index in [-0.39, 0.29) is 10.9 Å². The van der Waals surface area contributed by atoms with Crippen molar-refractivity contribution in [2.24, 2.45) is 5.73 Å². The summed E-state index contributed by atoms with van der Waals surface area (Å²) in [6, 6.07) is 12.9. The van der Waals surface area contributed by atoms with Crippen molar-refractivity contribution in [1.82, 2.24) is 0 Å². The number of para-hydroxylation sites is 1. The first-order valence-corrected chi connectivity index (χ1v) is 7.55. The third kappa shape index (κ3) is 3.31. The number of carbonyl (C=O) groups excluding carboxylic acids is 1. The molecule has 0 radical (unpaired) electrons. The van der Waals surface area contributed by atoms with Gasteiger partial charge in [-0.25, -0.2) is 0 Å². The van der Waals surface area contributed by atoms with Gasteiger partial charge in [-0.15, -0.1) is 0 Å². The summed E-state index contributed by atoms with van der Waals surface area (Å²) in [7, 11) is 1.72. The highest BCUT2D eigenvalue weighted by atomic mass is 79.9. The van der Waals surface area contributed by atoms with Crippen LogP contribution in [0, 0.1) is 6.92 Å². The van der Waals surface area contributed by atoms with Gasteiger partial charge in [0.1, 0.15) is 4.99 Å². The van der Waals surface area contributed by atoms with E-state index in [0.29, 0.717) is 16.8 Å². The van der Waals surface area contributed by atoms with Gasteiger partial charge in [0.05, 0.1) is 5.69 Å². The van der Waals surface area contributed by atoms with Crippen LogP contribution in [0.3, 0.4) is 0 Å². The summed E-state index contributed by atoms with van der Waals surface area (Å²) < 4.78 is 0.977. The van der Waals surface area contributed by atoms with Gasteiger partial charge in [0.2, 0.25) is 0 Å². The van der Waals surface area contributed by atoms with Crippen LogP contribution in [0.25, 0.3) is 0 Å². The van der Waals surface area contributed by atoms with Crippen LogP contribution in [0.15, 0.2) is 46.9 Å². The molecule has 1 amide bonds. The molecule has 3 nitrogen and oxygen atoms in total. The van der Waals surface area contributed by atoms with Crippen molar-refractivity contribution in [3.63, 3.8) is 0 Å². The number of nitrogens with zero attached hydrogens (tertiary/aromatic N) is 1. The average molecular weight is 363 g/mol. The molecule has 2 N–H and O–H groups in total. The number of hydrogen-bond donors (Lipinski definition) is 1. The smallest absolute Gasteiger partial charge is 0.258 e. The predicted octanol–water partition coefficient (Wildman–Crippen LogP) is 3.67. The fourth-order valence-corrected chi connectivity index (χ4v) is 2.47. The van der Waals surface area contributed by atoms with E-state index in [1.54, 1.807) is 18.0 Å². The molecular formula is C16H15BrN2OS. The Labute approximate surface area is 137 Å². The molecule has 0 spiro atoms. The van der Waals surface area contributed by atoms with Crippen LogP contribution in [0.5, 0.6) is 0 Å². The molecule has 0 fully saturated rings. The van der Waals surface area contributed by atoms with Gasteiger partial charge in [-0.2, -0.15) is 0 Å². The zero-order valence-electron chi connectivity index (χ0n) is 11.8. The van der Waals surface area contributed by atoms with E-state index in [1.165, 1.54) is 0 Å². The van der Waals surface area contributed by atoms with E-state index in [9.17, 15) is 4.79 Å². The van der Waals surface area contributed by atoms with E-state index in [1.807, 2.05) is 43.3 Å². The summed E-state index contributed by atoms with van der Waals surface area (Å²) in [6.45, 7) is 1.95. The van der Waals surface area contributed by atoms with Crippen molar-refractivity contribution in [3.05, 3.63) is 63.6 Å². The van der Waals surface area contributed by atoms with E-state index in [2.05, 4.69) is 15.9 Å². The van der Waals surface area contributed by atoms with Gasteiger partial charge in [-0.1, -0.05) is 40.3 Å². The Morgan fingerprint density at radius 3 is 2.52 bits per heavy atom. The van der Waals surface area contributed by atoms with E-state index in [0.717, 1.165) is 10.0 Å². The summed E-state index contributed by atoms with van der Waals surface area (Å²) in [5.41, 5.74) is 8.75. The van der Waals surface area contributed by atoms with Gasteiger partial charge in [-0.05, 0) is 42.8 Å². The maximum Gasteiger partial charge on any atom is 0.258 e. The first-order valence-electron chi connectivity index (χ1n) is 6.35. The molecule has 2 aromatic carbocycles. The van der Waals surface area contributed by atoms with Crippen LogP contribution < -0.4 is 10.6 Å². The Morgan fingerprint density at radius 2 is 1.90 bits per heavy atom. The third-order valence-corrected chi connectivity index (χ3v) is 4.35. The lowest BCUT2D eigenvalue weighted by Crippen LogP contribution is -2.28. The third-order valence-electron chi connectivity index (χ3n) is 3.24. The van der Waals surface area contributed by atoms with Crippen molar-refractivity contribution in [2.75, 3.05) is 11.9 Å². The SMILES string of the molecule is Cc1cc(C(=O)N(C)c2ccccc2C(N)=S)ccc1Br. The van der Waals surface area contributed by atoms with Crippen LogP contribution in [0.4, 0.5) is 5.69 Å². The Balaban J connectivity index is 2.40. The Bertz CT molecular complexity index is 715. The Kier molecular flexibility index (Phi) is 4.75. The van der Waals surface area contributed by atoms with Crippen LogP contribution in [-0.2, 0) is 0 Å². The minimum absolute atomic E-state index is 0.102. The Morgan fingerprint density at radius 1 is 1.24 bits per heavy atom. The second-order valence-corrected chi connectivity index (χ2v) is 6.00. The number of nitrogens with two attached hydrogens (primary N) is 1. The molecule has 0 atom stereocenters. The van der Waals surface area contributed by atoms with Crippen molar-refractivity contribution >= 4 is 44.7 Å². The largest absolute Gasteiger partial charge is 0.389 e. The normalized spacial score (nSPS) is 10.2. The molecule has 108 valence electrons. The molecule has 0 aliphatic heterocycles. The number of halogens is 1. The molecule has 0 heterocycles. The van der Waals surface area contributed by atoms with Crippen LogP contribution in [0.2, 0.25) is 0 Å². The van der Waals surface area contributed by atoms with Crippen LogP contribution >= 0.6 is 28.1 Å². The fraction of sp³-hybridized carbons (Fsp3) is 0.125. The number of benzene rings is 2. The minimum Gasteiger partial charge on any atom is -0.389 e. The van der Waals surface area contributed by atoms with Crippen molar-refractivity contribution in [2.45, 2.75) is 6.92 Å². The Hall–Kier alpha value is -1.72. The summed E-state index contributed by atoms with van der Waals surface area (Å²) in [4.78, 5) is 14.5. The average Bonchev–Trinajstić information content (AvgIpc) is 2.48. The highest BCUT2D eigenvalue weighted by Crippen LogP contribution is 2.23. The second kappa shape index (κ2) is 6.37. The predicted molar refractivity (Wildman–Crippen MR) is 93.9 cm³/mol. The lowest BCUT2D eigenvalue weighted by Gasteiger charge is -2.20. The van der Waals surface area contributed by atoms with Crippen molar-refractivity contribution < 1.29 is 4.79 Å². The molecule has 2 rings (SSSR count). The maximum absolute atomic E-state index is 12.6. The molecule has 0 saturated carbocycles. The molecule has 0 unspecified atom stereocenters. The van der Waals surface area contributed by atoms with Crippen LogP contribution in [-0.4, -0.2) is 17.9 Å². The topological polar surface area (TPSA) is 46.3 Å². The van der Waals surface area contributed by atoms with Gasteiger partial charge in [-0.3, -0.25) is 4.79 Å². The summed E-state index contributed by atoms with van der Waals surface area (Å²) in [5, 5.41) is 0. The summed E-state index contributed by atoms with van der Waals surface area (Å²) >= 11 is 8.48. The van der Waals surface area contributed by atoms with E-state index in [4.69, 9.17) is 18.0 Å². The number of anilines is 1. The monoisotopic (exact) mass is 362 g/mol. The molecule has 0 saturated heterocycles. The van der Waals surface area contributed by atoms with Gasteiger partial charge < -0.3 is 10.6 Å². The molecule has 0 aliphatic carbocycles. The minimum atomic E-state index is -0.102. The van der Waals surface area contributed by atoms with Crippen molar-refractivity contribution in [3.8, 4) is 0 Å². The first-order chi connectivity index (χ1) is 9.91. The molecule has 2 aromatic rings. The summed E-state index contributed by atoms with van der Waals surface area (Å²) in [5.74, 6) is -0.102. The highest BCUT2D eigenvalue weighted by Gasteiger charge is 2.17.